The number of benzene rings is 2. The molecule has 1 N–H and O–H groups in total. The van der Waals surface area contributed by atoms with Crippen molar-refractivity contribution in [2.24, 2.45) is 0 Å². The van der Waals surface area contributed by atoms with Crippen LogP contribution in [0.3, 0.4) is 0 Å². The molecule has 1 unspecified atom stereocenters. The average Bonchev–Trinajstić information content (AvgIpc) is 2.66. The van der Waals surface area contributed by atoms with Gasteiger partial charge in [-0.15, -0.1) is 0 Å². The van der Waals surface area contributed by atoms with Crippen LogP contribution in [-0.4, -0.2) is 36.9 Å². The minimum absolute atomic E-state index is 0.0390. The van der Waals surface area contributed by atoms with E-state index in [1.165, 1.54) is 6.92 Å². The van der Waals surface area contributed by atoms with Gasteiger partial charge in [-0.2, -0.15) is 0 Å². The molecule has 0 aliphatic carbocycles. The maximum atomic E-state index is 12.3. The first-order chi connectivity index (χ1) is 12.5. The number of nitrogens with zero attached hydrogens (tertiary/aromatic N) is 1. The van der Waals surface area contributed by atoms with Gasteiger partial charge >= 0.3 is 0 Å². The second kappa shape index (κ2) is 9.61. The van der Waals surface area contributed by atoms with E-state index < -0.39 is 0 Å². The molecule has 138 valence electrons. The van der Waals surface area contributed by atoms with Crippen LogP contribution >= 0.6 is 0 Å². The quantitative estimate of drug-likeness (QED) is 0.793. The van der Waals surface area contributed by atoms with Crippen LogP contribution in [0.25, 0.3) is 0 Å². The monoisotopic (exact) mass is 354 g/mol. The number of carbonyl (C=O) groups excluding carboxylic acids is 2. The van der Waals surface area contributed by atoms with Gasteiger partial charge in [0.25, 0.3) is 0 Å². The van der Waals surface area contributed by atoms with Crippen LogP contribution < -0.4 is 10.1 Å². The lowest BCUT2D eigenvalue weighted by Crippen LogP contribution is -2.41. The number of rotatable bonds is 8. The predicted octanol–water partition coefficient (Wildman–Crippen LogP) is 2.96. The highest BCUT2D eigenvalue weighted by Crippen LogP contribution is 2.20. The van der Waals surface area contributed by atoms with E-state index in [-0.39, 0.29) is 24.4 Å². The zero-order valence-corrected chi connectivity index (χ0v) is 15.6. The molecule has 0 bridgehead atoms. The van der Waals surface area contributed by atoms with Gasteiger partial charge in [0, 0.05) is 13.5 Å². The van der Waals surface area contributed by atoms with Crippen molar-refractivity contribution in [2.75, 3.05) is 20.2 Å². The van der Waals surface area contributed by atoms with E-state index >= 15 is 0 Å². The van der Waals surface area contributed by atoms with Crippen molar-refractivity contribution in [3.8, 4) is 5.75 Å². The lowest BCUT2D eigenvalue weighted by Gasteiger charge is -2.28. The summed E-state index contributed by atoms with van der Waals surface area (Å²) >= 11 is 0. The van der Waals surface area contributed by atoms with E-state index in [4.69, 9.17) is 4.74 Å². The lowest BCUT2D eigenvalue weighted by molar-refractivity contribution is -0.136. The van der Waals surface area contributed by atoms with Gasteiger partial charge in [-0.25, -0.2) is 0 Å². The van der Waals surface area contributed by atoms with Gasteiger partial charge in [-0.05, 0) is 30.5 Å². The molecular formula is C21H26N2O3. The fourth-order valence-corrected chi connectivity index (χ4v) is 2.89. The Balaban J connectivity index is 1.91. The minimum atomic E-state index is -0.169. The highest BCUT2D eigenvalue weighted by atomic mass is 16.5. The van der Waals surface area contributed by atoms with Crippen molar-refractivity contribution in [1.29, 1.82) is 0 Å². The van der Waals surface area contributed by atoms with Crippen LogP contribution in [0.15, 0.2) is 54.6 Å². The third-order valence-electron chi connectivity index (χ3n) is 4.38. The summed E-state index contributed by atoms with van der Waals surface area (Å²) in [5.41, 5.74) is 2.04. The van der Waals surface area contributed by atoms with Crippen LogP contribution in [0.4, 0.5) is 0 Å². The molecule has 0 aromatic heterocycles. The number of amides is 2. The molecular weight excluding hydrogens is 328 g/mol. The Kier molecular flexibility index (Phi) is 7.21. The summed E-state index contributed by atoms with van der Waals surface area (Å²) in [5.74, 6) is 0.518. The van der Waals surface area contributed by atoms with E-state index in [0.717, 1.165) is 16.9 Å². The number of hydrogen-bond donors (Lipinski definition) is 1. The van der Waals surface area contributed by atoms with E-state index in [1.807, 2.05) is 61.5 Å². The van der Waals surface area contributed by atoms with E-state index in [1.54, 1.807) is 12.0 Å². The second-order valence-corrected chi connectivity index (χ2v) is 6.15. The first-order valence-electron chi connectivity index (χ1n) is 8.73. The largest absolute Gasteiger partial charge is 0.496 e. The highest BCUT2D eigenvalue weighted by molar-refractivity contribution is 5.84. The summed E-state index contributed by atoms with van der Waals surface area (Å²) in [4.78, 5) is 25.9. The summed E-state index contributed by atoms with van der Waals surface area (Å²) in [6.45, 7) is 3.95. The van der Waals surface area contributed by atoms with E-state index in [0.29, 0.717) is 13.0 Å². The fourth-order valence-electron chi connectivity index (χ4n) is 2.89. The smallest absolute Gasteiger partial charge is 0.239 e. The van der Waals surface area contributed by atoms with Crippen LogP contribution in [-0.2, 0) is 16.0 Å². The Bertz CT molecular complexity index is 731. The first-order valence-corrected chi connectivity index (χ1v) is 8.73. The molecule has 0 aliphatic rings. The molecule has 0 aliphatic heterocycles. The lowest BCUT2D eigenvalue weighted by atomic mass is 10.1. The van der Waals surface area contributed by atoms with Crippen LogP contribution in [0.5, 0.6) is 5.75 Å². The Morgan fingerprint density at radius 3 is 2.38 bits per heavy atom. The van der Waals surface area contributed by atoms with Gasteiger partial charge in [0.15, 0.2) is 0 Å². The van der Waals surface area contributed by atoms with Gasteiger partial charge in [-0.3, -0.25) is 9.59 Å². The Labute approximate surface area is 155 Å². The molecule has 26 heavy (non-hydrogen) atoms. The van der Waals surface area contributed by atoms with Gasteiger partial charge in [0.1, 0.15) is 12.3 Å². The fraction of sp³-hybridized carbons (Fsp3) is 0.333. The van der Waals surface area contributed by atoms with Crippen molar-refractivity contribution in [2.45, 2.75) is 26.3 Å². The molecule has 0 spiro atoms. The van der Waals surface area contributed by atoms with E-state index in [2.05, 4.69) is 5.32 Å². The van der Waals surface area contributed by atoms with Crippen molar-refractivity contribution >= 4 is 11.8 Å². The zero-order valence-electron chi connectivity index (χ0n) is 15.6. The Morgan fingerprint density at radius 1 is 1.08 bits per heavy atom. The number of nitrogens with one attached hydrogen (secondary N) is 1. The third kappa shape index (κ3) is 5.34. The average molecular weight is 354 g/mol. The molecule has 0 saturated heterocycles. The zero-order chi connectivity index (χ0) is 18.9. The molecule has 2 amide bonds. The van der Waals surface area contributed by atoms with Crippen molar-refractivity contribution in [3.63, 3.8) is 0 Å². The Hall–Kier alpha value is -2.82. The summed E-state index contributed by atoms with van der Waals surface area (Å²) in [6, 6.07) is 17.3. The number of hydrogen-bond acceptors (Lipinski definition) is 3. The molecule has 2 rings (SSSR count). The highest BCUT2D eigenvalue weighted by Gasteiger charge is 2.21. The maximum Gasteiger partial charge on any atom is 0.239 e. The molecule has 0 fully saturated rings. The Morgan fingerprint density at radius 2 is 1.73 bits per heavy atom. The molecule has 5 heteroatoms. The second-order valence-electron chi connectivity index (χ2n) is 6.15. The summed E-state index contributed by atoms with van der Waals surface area (Å²) in [5, 5.41) is 2.89. The normalized spacial score (nSPS) is 11.5. The van der Waals surface area contributed by atoms with Crippen molar-refractivity contribution < 1.29 is 14.3 Å². The van der Waals surface area contributed by atoms with Crippen LogP contribution in [0.1, 0.15) is 31.0 Å². The number of methoxy groups -OCH3 is 1. The van der Waals surface area contributed by atoms with E-state index in [9.17, 15) is 9.59 Å². The van der Waals surface area contributed by atoms with Crippen molar-refractivity contribution in [1.82, 2.24) is 10.2 Å². The molecule has 2 aromatic carbocycles. The maximum absolute atomic E-state index is 12.3. The topological polar surface area (TPSA) is 58.6 Å². The van der Waals surface area contributed by atoms with Gasteiger partial charge in [-0.1, -0.05) is 48.5 Å². The number of ether oxygens (including phenoxy) is 1. The number of carbonyl (C=O) groups is 2. The first kappa shape index (κ1) is 19.5. The summed E-state index contributed by atoms with van der Waals surface area (Å²) < 4.78 is 5.31. The molecule has 2 aromatic rings. The summed E-state index contributed by atoms with van der Waals surface area (Å²) in [7, 11) is 1.63. The molecule has 0 radical (unpaired) electrons. The molecule has 5 nitrogen and oxygen atoms in total. The third-order valence-corrected chi connectivity index (χ3v) is 4.38. The predicted molar refractivity (Wildman–Crippen MR) is 102 cm³/mol. The summed E-state index contributed by atoms with van der Waals surface area (Å²) in [6.07, 6.45) is 0.671. The molecule has 0 saturated carbocycles. The molecule has 1 atom stereocenters. The standard InChI is InChI=1S/C21H26N2O3/c1-16(18-9-5-4-6-10-18)23(17(2)24)15-21(25)22-14-13-19-11-7-8-12-20(19)26-3/h4-12,16H,13-15H2,1-3H3,(H,22,25). The van der Waals surface area contributed by atoms with Crippen LogP contribution in [0.2, 0.25) is 0 Å². The van der Waals surface area contributed by atoms with Crippen molar-refractivity contribution in [3.05, 3.63) is 65.7 Å². The number of para-hydroxylation sites is 1. The molecule has 0 heterocycles. The van der Waals surface area contributed by atoms with Gasteiger partial charge < -0.3 is 15.0 Å². The van der Waals surface area contributed by atoms with Gasteiger partial charge in [0.2, 0.25) is 11.8 Å². The minimum Gasteiger partial charge on any atom is -0.496 e. The van der Waals surface area contributed by atoms with Gasteiger partial charge in [0.05, 0.1) is 13.2 Å². The van der Waals surface area contributed by atoms with Crippen LogP contribution in [0, 0.1) is 0 Å². The SMILES string of the molecule is COc1ccccc1CCNC(=O)CN(C(C)=O)C(C)c1ccccc1.